The van der Waals surface area contributed by atoms with Gasteiger partial charge in [0.25, 0.3) is 5.60 Å². The van der Waals surface area contributed by atoms with E-state index >= 15 is 0 Å². The molecule has 0 radical (unpaired) electrons. The standard InChI is InChI=1S/C28H29ClF3N5O5/c1-15-11-34-19(16(2)21(15)40-4)13-37-12-18(20-22(29)35-25(33)36-23(20)37)26(3,39)14-42-24(38)27(41-5,28(30,31)32)17-9-7-6-8-10-17/h6-12,39H,13-14H2,1-5H3,(H2,33,35,36)/t26-,27-/m1/s1. The van der Waals surface area contributed by atoms with Crippen LogP contribution < -0.4 is 10.5 Å². The van der Waals surface area contributed by atoms with E-state index in [0.29, 0.717) is 11.4 Å². The number of halogens is 4. The van der Waals surface area contributed by atoms with Crippen molar-refractivity contribution in [3.63, 3.8) is 0 Å². The Bertz CT molecular complexity index is 1630. The number of esters is 1. The molecule has 0 saturated heterocycles. The number of hydrogen-bond donors (Lipinski definition) is 2. The quantitative estimate of drug-likeness (QED) is 0.207. The number of rotatable bonds is 9. The molecule has 0 aliphatic carbocycles. The molecule has 0 bridgehead atoms. The van der Waals surface area contributed by atoms with Gasteiger partial charge in [-0.1, -0.05) is 41.9 Å². The number of hydrogen-bond acceptors (Lipinski definition) is 9. The molecule has 0 aliphatic rings. The number of pyridine rings is 1. The molecule has 3 heterocycles. The van der Waals surface area contributed by atoms with Gasteiger partial charge in [0.15, 0.2) is 0 Å². The lowest BCUT2D eigenvalue weighted by atomic mass is 9.92. The Kier molecular flexibility index (Phi) is 8.40. The van der Waals surface area contributed by atoms with Gasteiger partial charge in [-0.15, -0.1) is 0 Å². The van der Waals surface area contributed by atoms with Crippen molar-refractivity contribution in [2.24, 2.45) is 0 Å². The topological polar surface area (TPSA) is 135 Å². The molecule has 4 rings (SSSR count). The normalized spacial score (nSPS) is 14.8. The summed E-state index contributed by atoms with van der Waals surface area (Å²) < 4.78 is 60.0. The highest BCUT2D eigenvalue weighted by Crippen LogP contribution is 2.43. The van der Waals surface area contributed by atoms with E-state index in [1.807, 2.05) is 13.8 Å². The molecule has 3 aromatic heterocycles. The number of carbonyl (C=O) groups is 1. The highest BCUT2D eigenvalue weighted by Gasteiger charge is 2.64. The molecule has 4 aromatic rings. The Labute approximate surface area is 244 Å². The highest BCUT2D eigenvalue weighted by molar-refractivity contribution is 6.34. The van der Waals surface area contributed by atoms with E-state index in [9.17, 15) is 23.1 Å². The van der Waals surface area contributed by atoms with Crippen LogP contribution in [0.2, 0.25) is 5.15 Å². The maximum absolute atomic E-state index is 14.3. The van der Waals surface area contributed by atoms with Gasteiger partial charge in [0, 0.05) is 41.8 Å². The van der Waals surface area contributed by atoms with E-state index in [1.165, 1.54) is 31.3 Å². The Morgan fingerprint density at radius 1 is 1.14 bits per heavy atom. The Morgan fingerprint density at radius 2 is 1.81 bits per heavy atom. The van der Waals surface area contributed by atoms with E-state index in [2.05, 4.69) is 15.0 Å². The molecular formula is C28H29ClF3N5O5. The number of alkyl halides is 3. The lowest BCUT2D eigenvalue weighted by Gasteiger charge is -2.33. The van der Waals surface area contributed by atoms with E-state index in [4.69, 9.17) is 31.5 Å². The molecule has 1 aromatic carbocycles. The Hall–Kier alpha value is -3.94. The van der Waals surface area contributed by atoms with Gasteiger partial charge in [0.1, 0.15) is 28.8 Å². The smallest absolute Gasteiger partial charge is 0.432 e. The van der Waals surface area contributed by atoms with Crippen LogP contribution in [0.3, 0.4) is 0 Å². The summed E-state index contributed by atoms with van der Waals surface area (Å²) in [6.45, 7) is 4.19. The van der Waals surface area contributed by atoms with Gasteiger partial charge in [-0.3, -0.25) is 4.98 Å². The number of methoxy groups -OCH3 is 2. The summed E-state index contributed by atoms with van der Waals surface area (Å²) in [6, 6.07) is 6.36. The fourth-order valence-corrected chi connectivity index (χ4v) is 5.13. The number of nitrogens with two attached hydrogens (primary N) is 1. The molecule has 0 unspecified atom stereocenters. The average molecular weight is 608 g/mol. The van der Waals surface area contributed by atoms with Crippen molar-refractivity contribution in [2.45, 2.75) is 44.7 Å². The second-order valence-electron chi connectivity index (χ2n) is 9.89. The van der Waals surface area contributed by atoms with Crippen molar-refractivity contribution in [3.05, 3.63) is 75.8 Å². The number of aryl methyl sites for hydroxylation is 1. The second-order valence-corrected chi connectivity index (χ2v) is 10.2. The summed E-state index contributed by atoms with van der Waals surface area (Å²) in [7, 11) is 2.30. The SMILES string of the molecule is COc1c(C)cnc(Cn2cc([C@](C)(O)COC(=O)[C@](OC)(c3ccccc3)C(F)(F)F)c3c(Cl)nc(N)nc32)c1C. The molecule has 3 N–H and O–H groups in total. The summed E-state index contributed by atoms with van der Waals surface area (Å²) >= 11 is 6.42. The van der Waals surface area contributed by atoms with Crippen LogP contribution in [0.4, 0.5) is 19.1 Å². The molecule has 0 spiro atoms. The van der Waals surface area contributed by atoms with Crippen LogP contribution in [0, 0.1) is 13.8 Å². The van der Waals surface area contributed by atoms with Crippen LogP contribution in [0.15, 0.2) is 42.7 Å². The van der Waals surface area contributed by atoms with Crippen molar-refractivity contribution in [1.29, 1.82) is 0 Å². The molecule has 0 saturated carbocycles. The molecule has 0 fully saturated rings. The van der Waals surface area contributed by atoms with Gasteiger partial charge in [0.2, 0.25) is 5.95 Å². The molecule has 14 heteroatoms. The van der Waals surface area contributed by atoms with E-state index in [0.717, 1.165) is 30.4 Å². The maximum atomic E-state index is 14.3. The number of benzene rings is 1. The molecule has 0 amide bonds. The third-order valence-electron chi connectivity index (χ3n) is 7.00. The second kappa shape index (κ2) is 11.4. The molecule has 224 valence electrons. The fourth-order valence-electron chi connectivity index (χ4n) is 4.85. The van der Waals surface area contributed by atoms with Crippen molar-refractivity contribution in [2.75, 3.05) is 26.6 Å². The zero-order valence-electron chi connectivity index (χ0n) is 23.4. The van der Waals surface area contributed by atoms with Crippen LogP contribution in [0.1, 0.15) is 34.9 Å². The number of ether oxygens (including phenoxy) is 3. The van der Waals surface area contributed by atoms with Crippen LogP contribution in [-0.4, -0.2) is 57.6 Å². The van der Waals surface area contributed by atoms with E-state index < -0.39 is 35.5 Å². The molecule has 10 nitrogen and oxygen atoms in total. The summed E-state index contributed by atoms with van der Waals surface area (Å²) in [5.41, 5.74) is 2.39. The number of carbonyl (C=O) groups excluding carboxylic acids is 1. The van der Waals surface area contributed by atoms with Gasteiger partial charge in [0.05, 0.1) is 24.7 Å². The van der Waals surface area contributed by atoms with Crippen LogP contribution >= 0.6 is 11.6 Å². The number of nitrogen functional groups attached to an aromatic ring is 1. The van der Waals surface area contributed by atoms with Gasteiger partial charge >= 0.3 is 12.1 Å². The lowest BCUT2D eigenvalue weighted by Crippen LogP contribution is -2.52. The number of aliphatic hydroxyl groups is 1. The fraction of sp³-hybridized carbons (Fsp3) is 0.357. The average Bonchev–Trinajstić information content (AvgIpc) is 3.29. The summed E-state index contributed by atoms with van der Waals surface area (Å²) in [5.74, 6) is -1.26. The maximum Gasteiger partial charge on any atom is 0.432 e. The van der Waals surface area contributed by atoms with E-state index in [1.54, 1.807) is 17.9 Å². The summed E-state index contributed by atoms with van der Waals surface area (Å²) in [6.07, 6.45) is -2.05. The first-order valence-corrected chi connectivity index (χ1v) is 12.9. The minimum atomic E-state index is -5.18. The Balaban J connectivity index is 1.74. The van der Waals surface area contributed by atoms with Gasteiger partial charge in [-0.2, -0.15) is 18.2 Å². The largest absolute Gasteiger partial charge is 0.496 e. The predicted octanol–water partition coefficient (Wildman–Crippen LogP) is 4.59. The van der Waals surface area contributed by atoms with Gasteiger partial charge < -0.3 is 29.6 Å². The predicted molar refractivity (Wildman–Crippen MR) is 148 cm³/mol. The molecule has 2 atom stereocenters. The van der Waals surface area contributed by atoms with Crippen molar-refractivity contribution < 1.29 is 37.3 Å². The first kappa shape index (κ1) is 31.0. The van der Waals surface area contributed by atoms with Crippen LogP contribution in [0.5, 0.6) is 5.75 Å². The number of nitrogens with zero attached hydrogens (tertiary/aromatic N) is 4. The number of fused-ring (bicyclic) bond motifs is 1. The highest BCUT2D eigenvalue weighted by atomic mass is 35.5. The van der Waals surface area contributed by atoms with Gasteiger partial charge in [-0.05, 0) is 20.8 Å². The van der Waals surface area contributed by atoms with Crippen molar-refractivity contribution in [3.8, 4) is 5.75 Å². The van der Waals surface area contributed by atoms with Crippen molar-refractivity contribution >= 4 is 34.6 Å². The zero-order valence-corrected chi connectivity index (χ0v) is 24.2. The number of aromatic nitrogens is 4. The van der Waals surface area contributed by atoms with Crippen LogP contribution in [0.25, 0.3) is 11.0 Å². The first-order chi connectivity index (χ1) is 19.7. The third kappa shape index (κ3) is 5.35. The molecular weight excluding hydrogens is 579 g/mol. The zero-order chi connectivity index (χ0) is 31.0. The Morgan fingerprint density at radius 3 is 2.40 bits per heavy atom. The van der Waals surface area contributed by atoms with Gasteiger partial charge in [-0.25, -0.2) is 9.78 Å². The minimum absolute atomic E-state index is 0.0850. The molecule has 0 aliphatic heterocycles. The minimum Gasteiger partial charge on any atom is -0.496 e. The van der Waals surface area contributed by atoms with E-state index in [-0.39, 0.29) is 34.2 Å². The molecule has 42 heavy (non-hydrogen) atoms. The summed E-state index contributed by atoms with van der Waals surface area (Å²) in [4.78, 5) is 25.8. The van der Waals surface area contributed by atoms with Crippen LogP contribution in [-0.2, 0) is 32.0 Å². The monoisotopic (exact) mass is 607 g/mol. The number of anilines is 1. The lowest BCUT2D eigenvalue weighted by molar-refractivity contribution is -0.278. The van der Waals surface area contributed by atoms with Crippen molar-refractivity contribution in [1.82, 2.24) is 19.5 Å². The first-order valence-electron chi connectivity index (χ1n) is 12.6. The summed E-state index contributed by atoms with van der Waals surface area (Å²) in [5, 5.41) is 11.5. The third-order valence-corrected chi connectivity index (χ3v) is 7.27.